The monoisotopic (exact) mass is 474 g/mol. The molecule has 0 spiro atoms. The predicted octanol–water partition coefficient (Wildman–Crippen LogP) is 3.94. The van der Waals surface area contributed by atoms with E-state index in [0.29, 0.717) is 75.4 Å². The van der Waals surface area contributed by atoms with E-state index in [1.165, 1.54) is 0 Å². The normalized spacial score (nSPS) is 16.7. The van der Waals surface area contributed by atoms with Crippen molar-refractivity contribution in [3.05, 3.63) is 47.5 Å². The van der Waals surface area contributed by atoms with E-state index in [2.05, 4.69) is 21.9 Å². The Bertz CT molecular complexity index is 1610. The number of anilines is 2. The second kappa shape index (κ2) is 8.17. The number of fused-ring (bicyclic) bond motifs is 2. The van der Waals surface area contributed by atoms with Crippen molar-refractivity contribution >= 4 is 55.0 Å². The van der Waals surface area contributed by atoms with Gasteiger partial charge < -0.3 is 19.3 Å². The summed E-state index contributed by atoms with van der Waals surface area (Å²) in [6.07, 6.45) is 0. The fraction of sp³-hybridized carbons (Fsp3) is 0.286. The van der Waals surface area contributed by atoms with Crippen LogP contribution in [0, 0.1) is 22.7 Å². The topological polar surface area (TPSA) is 98.3 Å². The zero-order chi connectivity index (χ0) is 24.2. The fourth-order valence-electron chi connectivity index (χ4n) is 5.78. The van der Waals surface area contributed by atoms with Crippen LogP contribution >= 0.6 is 0 Å². The molecular weight excluding hydrogens is 452 g/mol. The molecule has 176 valence electrons. The molecule has 0 bridgehead atoms. The molecule has 0 N–H and O–H groups in total. The molecule has 36 heavy (non-hydrogen) atoms. The van der Waals surface area contributed by atoms with Crippen LogP contribution in [0.4, 0.5) is 11.6 Å². The van der Waals surface area contributed by atoms with Crippen molar-refractivity contribution in [3.63, 3.8) is 0 Å². The van der Waals surface area contributed by atoms with Gasteiger partial charge in [0.15, 0.2) is 0 Å². The Hall–Kier alpha value is -4.24. The van der Waals surface area contributed by atoms with Crippen LogP contribution in [0.5, 0.6) is 0 Å². The molecule has 3 aromatic carbocycles. The molecule has 0 saturated carbocycles. The molecule has 2 aliphatic heterocycles. The van der Waals surface area contributed by atoms with E-state index >= 15 is 0 Å². The summed E-state index contributed by atoms with van der Waals surface area (Å²) in [7, 11) is 0. The third-order valence-corrected chi connectivity index (χ3v) is 7.37. The van der Waals surface area contributed by atoms with Gasteiger partial charge in [-0.05, 0) is 22.9 Å². The summed E-state index contributed by atoms with van der Waals surface area (Å²) in [6, 6.07) is 17.0. The summed E-state index contributed by atoms with van der Waals surface area (Å²) < 4.78 is 11.1. The lowest BCUT2D eigenvalue weighted by Crippen LogP contribution is -2.37. The van der Waals surface area contributed by atoms with E-state index in [1.54, 1.807) is 0 Å². The van der Waals surface area contributed by atoms with Crippen LogP contribution in [0.1, 0.15) is 11.1 Å². The van der Waals surface area contributed by atoms with Gasteiger partial charge in [0.1, 0.15) is 34.9 Å². The highest BCUT2D eigenvalue weighted by molar-refractivity contribution is 6.34. The van der Waals surface area contributed by atoms with Gasteiger partial charge in [-0.2, -0.15) is 10.5 Å². The number of pyridine rings is 2. The molecule has 0 aliphatic carbocycles. The van der Waals surface area contributed by atoms with E-state index in [1.807, 2.05) is 36.4 Å². The SMILES string of the molecule is N#Cc1c(N2CCOCC2)nc2cccc3c4c(C#N)c(N5CCOCC5)nc5cccc(c1c23)c54. The average molecular weight is 475 g/mol. The van der Waals surface area contributed by atoms with Crippen molar-refractivity contribution in [3.8, 4) is 12.1 Å². The van der Waals surface area contributed by atoms with Crippen LogP contribution in [0.2, 0.25) is 0 Å². The van der Waals surface area contributed by atoms with Gasteiger partial charge in [0.2, 0.25) is 0 Å². The van der Waals surface area contributed by atoms with Crippen LogP contribution in [0.15, 0.2) is 36.4 Å². The summed E-state index contributed by atoms with van der Waals surface area (Å²) >= 11 is 0. The second-order valence-electron chi connectivity index (χ2n) is 9.19. The molecule has 0 unspecified atom stereocenters. The zero-order valence-corrected chi connectivity index (χ0v) is 19.6. The molecule has 5 aromatic rings. The number of nitrogens with zero attached hydrogens (tertiary/aromatic N) is 6. The lowest BCUT2D eigenvalue weighted by molar-refractivity contribution is 0.122. The molecule has 8 heteroatoms. The van der Waals surface area contributed by atoms with Gasteiger partial charge in [-0.3, -0.25) is 0 Å². The van der Waals surface area contributed by atoms with Gasteiger partial charge in [0, 0.05) is 47.7 Å². The van der Waals surface area contributed by atoms with Gasteiger partial charge in [0.05, 0.1) is 37.5 Å². The standard InChI is InChI=1S/C28H22N6O2/c29-15-19-23-17-3-1-5-21-25(17)24(20(16-30)27(31-21)33-7-11-35-12-8-33)18-4-2-6-22(26(18)23)32-28(19)34-9-13-36-14-10-34/h1-6H,7-14H2. The van der Waals surface area contributed by atoms with Crippen LogP contribution in [-0.2, 0) is 9.47 Å². The first kappa shape index (κ1) is 21.1. The molecule has 2 aromatic heterocycles. The van der Waals surface area contributed by atoms with E-state index in [9.17, 15) is 10.5 Å². The third-order valence-electron chi connectivity index (χ3n) is 7.37. The number of morpholine rings is 2. The predicted molar refractivity (Wildman–Crippen MR) is 139 cm³/mol. The maximum Gasteiger partial charge on any atom is 0.148 e. The van der Waals surface area contributed by atoms with Gasteiger partial charge in [-0.1, -0.05) is 24.3 Å². The Morgan fingerprint density at radius 2 is 1.03 bits per heavy atom. The molecule has 0 atom stereocenters. The highest BCUT2D eigenvalue weighted by Crippen LogP contribution is 2.45. The van der Waals surface area contributed by atoms with E-state index < -0.39 is 0 Å². The molecule has 2 aliphatic rings. The summed E-state index contributed by atoms with van der Waals surface area (Å²) in [5.74, 6) is 1.39. The maximum atomic E-state index is 10.4. The van der Waals surface area contributed by atoms with Gasteiger partial charge in [0.25, 0.3) is 0 Å². The molecule has 4 heterocycles. The molecule has 2 fully saturated rings. The minimum Gasteiger partial charge on any atom is -0.378 e. The first-order valence-electron chi connectivity index (χ1n) is 12.2. The Balaban J connectivity index is 1.66. The van der Waals surface area contributed by atoms with Gasteiger partial charge >= 0.3 is 0 Å². The van der Waals surface area contributed by atoms with Gasteiger partial charge in [-0.15, -0.1) is 0 Å². The summed E-state index contributed by atoms with van der Waals surface area (Å²) in [5, 5.41) is 26.3. The molecule has 8 nitrogen and oxygen atoms in total. The van der Waals surface area contributed by atoms with Crippen molar-refractivity contribution < 1.29 is 9.47 Å². The molecule has 0 radical (unpaired) electrons. The molecule has 2 saturated heterocycles. The van der Waals surface area contributed by atoms with Crippen LogP contribution in [0.3, 0.4) is 0 Å². The average Bonchev–Trinajstić information content (AvgIpc) is 2.95. The number of hydrogen-bond donors (Lipinski definition) is 0. The quantitative estimate of drug-likeness (QED) is 0.280. The summed E-state index contributed by atoms with van der Waals surface area (Å²) in [4.78, 5) is 14.3. The van der Waals surface area contributed by atoms with E-state index in [4.69, 9.17) is 19.4 Å². The van der Waals surface area contributed by atoms with E-state index in [-0.39, 0.29) is 0 Å². The molecular formula is C28H22N6O2. The maximum absolute atomic E-state index is 10.4. The first-order chi connectivity index (χ1) is 17.8. The Morgan fingerprint density at radius 3 is 1.42 bits per heavy atom. The minimum atomic E-state index is 0.561. The van der Waals surface area contributed by atoms with Crippen LogP contribution < -0.4 is 9.80 Å². The molecule has 0 amide bonds. The van der Waals surface area contributed by atoms with E-state index in [0.717, 1.165) is 43.4 Å². The lowest BCUT2D eigenvalue weighted by atomic mass is 9.88. The Morgan fingerprint density at radius 1 is 0.611 bits per heavy atom. The van der Waals surface area contributed by atoms with Gasteiger partial charge in [-0.25, -0.2) is 9.97 Å². The van der Waals surface area contributed by atoms with Crippen molar-refractivity contribution in [2.24, 2.45) is 0 Å². The van der Waals surface area contributed by atoms with Crippen LogP contribution in [-0.4, -0.2) is 62.6 Å². The van der Waals surface area contributed by atoms with Crippen LogP contribution in [0.25, 0.3) is 43.4 Å². The highest BCUT2D eigenvalue weighted by Gasteiger charge is 2.27. The fourth-order valence-corrected chi connectivity index (χ4v) is 5.78. The Kier molecular flexibility index (Phi) is 4.78. The zero-order valence-electron chi connectivity index (χ0n) is 19.6. The summed E-state index contributed by atoms with van der Waals surface area (Å²) in [5.41, 5.74) is 2.76. The van der Waals surface area contributed by atoms with Crippen molar-refractivity contribution in [1.29, 1.82) is 10.5 Å². The third kappa shape index (κ3) is 2.92. The lowest BCUT2D eigenvalue weighted by Gasteiger charge is -2.30. The number of hydrogen-bond acceptors (Lipinski definition) is 8. The molecule has 7 rings (SSSR count). The first-order valence-corrected chi connectivity index (χ1v) is 12.2. The minimum absolute atomic E-state index is 0.561. The second-order valence-corrected chi connectivity index (χ2v) is 9.19. The number of aromatic nitrogens is 2. The van der Waals surface area contributed by atoms with Crippen molar-refractivity contribution in [1.82, 2.24) is 9.97 Å². The largest absolute Gasteiger partial charge is 0.378 e. The highest BCUT2D eigenvalue weighted by atomic mass is 16.5. The van der Waals surface area contributed by atoms with Crippen molar-refractivity contribution in [2.45, 2.75) is 0 Å². The number of ether oxygens (including phenoxy) is 2. The number of rotatable bonds is 2. The van der Waals surface area contributed by atoms with Crippen molar-refractivity contribution in [2.75, 3.05) is 62.4 Å². The summed E-state index contributed by atoms with van der Waals surface area (Å²) in [6.45, 7) is 5.20. The number of nitriles is 2. The smallest absolute Gasteiger partial charge is 0.148 e. The Labute approximate surface area is 207 Å². The number of benzene rings is 3.